The summed E-state index contributed by atoms with van der Waals surface area (Å²) < 4.78 is 0. The van der Waals surface area contributed by atoms with Crippen molar-refractivity contribution in [2.24, 2.45) is 16.2 Å². The normalized spacial score (nSPS) is 43.6. The van der Waals surface area contributed by atoms with Gasteiger partial charge in [0.2, 0.25) is 0 Å². The summed E-state index contributed by atoms with van der Waals surface area (Å²) in [6.45, 7) is 7.72. The van der Waals surface area contributed by atoms with Crippen LogP contribution in [-0.2, 0) is 4.79 Å². The number of carbonyl (C=O) groups excluding carboxylic acids is 1. The summed E-state index contributed by atoms with van der Waals surface area (Å²) in [6, 6.07) is 0.184. The first-order valence-electron chi connectivity index (χ1n) is 6.16. The predicted octanol–water partition coefficient (Wildman–Crippen LogP) is 2.04. The van der Waals surface area contributed by atoms with Crippen molar-refractivity contribution in [3.63, 3.8) is 0 Å². The average molecular weight is 239 g/mol. The third-order valence-electron chi connectivity index (χ3n) is 6.01. The molecule has 2 heterocycles. The standard InChI is InChI=1S/C13H21NOS/c1-9(15)10-5-12(6-14(10)4)11(2,3)13(12)7-16-8-13/h10H,5-8H2,1-4H3/t10-,12+/m0/s1. The highest BCUT2D eigenvalue weighted by Gasteiger charge is 2.85. The molecule has 0 aromatic heterocycles. The zero-order valence-electron chi connectivity index (χ0n) is 10.7. The van der Waals surface area contributed by atoms with Gasteiger partial charge in [0.1, 0.15) is 5.78 Å². The van der Waals surface area contributed by atoms with Gasteiger partial charge in [0.05, 0.1) is 6.04 Å². The zero-order valence-corrected chi connectivity index (χ0v) is 11.5. The molecule has 0 aromatic rings. The maximum atomic E-state index is 11.7. The van der Waals surface area contributed by atoms with Gasteiger partial charge in [-0.2, -0.15) is 11.8 Å². The molecule has 2 nitrogen and oxygen atoms in total. The summed E-state index contributed by atoms with van der Waals surface area (Å²) in [5.74, 6) is 2.99. The highest BCUT2D eigenvalue weighted by molar-refractivity contribution is 8.00. The van der Waals surface area contributed by atoms with Gasteiger partial charge in [0.15, 0.2) is 0 Å². The summed E-state index contributed by atoms with van der Waals surface area (Å²) in [4.78, 5) is 13.9. The quantitative estimate of drug-likeness (QED) is 0.698. The molecule has 0 bridgehead atoms. The van der Waals surface area contributed by atoms with E-state index in [0.29, 0.717) is 22.0 Å². The molecule has 0 radical (unpaired) electrons. The van der Waals surface area contributed by atoms with Crippen LogP contribution in [0.15, 0.2) is 0 Å². The molecule has 1 saturated carbocycles. The Morgan fingerprint density at radius 1 is 1.31 bits per heavy atom. The second-order valence-corrected chi connectivity index (χ2v) is 7.51. The summed E-state index contributed by atoms with van der Waals surface area (Å²) in [6.07, 6.45) is 1.10. The molecule has 1 aliphatic carbocycles. The van der Waals surface area contributed by atoms with Crippen LogP contribution < -0.4 is 0 Å². The van der Waals surface area contributed by atoms with Crippen LogP contribution in [0.25, 0.3) is 0 Å². The number of nitrogens with zero attached hydrogens (tertiary/aromatic N) is 1. The van der Waals surface area contributed by atoms with E-state index in [0.717, 1.165) is 13.0 Å². The lowest BCUT2D eigenvalue weighted by molar-refractivity contribution is -0.120. The first kappa shape index (κ1) is 11.1. The van der Waals surface area contributed by atoms with Crippen LogP contribution >= 0.6 is 11.8 Å². The van der Waals surface area contributed by atoms with Crippen molar-refractivity contribution in [2.75, 3.05) is 25.1 Å². The van der Waals surface area contributed by atoms with Gasteiger partial charge in [-0.1, -0.05) is 13.8 Å². The number of carbonyl (C=O) groups is 1. The molecule has 2 aliphatic heterocycles. The van der Waals surface area contributed by atoms with Crippen molar-refractivity contribution in [2.45, 2.75) is 33.2 Å². The zero-order chi connectivity index (χ0) is 11.8. The summed E-state index contributed by atoms with van der Waals surface area (Å²) in [5.41, 5.74) is 1.45. The van der Waals surface area contributed by atoms with E-state index in [1.165, 1.54) is 11.5 Å². The van der Waals surface area contributed by atoms with Crippen LogP contribution in [0.3, 0.4) is 0 Å². The molecule has 3 heteroatoms. The first-order chi connectivity index (χ1) is 7.38. The van der Waals surface area contributed by atoms with E-state index in [1.54, 1.807) is 6.92 Å². The summed E-state index contributed by atoms with van der Waals surface area (Å²) in [7, 11) is 2.12. The third kappa shape index (κ3) is 0.906. The fourth-order valence-electron chi connectivity index (χ4n) is 4.54. The van der Waals surface area contributed by atoms with Crippen LogP contribution in [-0.4, -0.2) is 41.8 Å². The molecule has 2 atom stereocenters. The number of likely N-dealkylation sites (N-methyl/N-ethyl adjacent to an activating group) is 1. The Labute approximate surface area is 102 Å². The topological polar surface area (TPSA) is 20.3 Å². The minimum Gasteiger partial charge on any atom is -0.298 e. The lowest BCUT2D eigenvalue weighted by Gasteiger charge is -2.31. The number of ketones is 1. The Balaban J connectivity index is 1.91. The Hall–Kier alpha value is -0.0200. The number of rotatable bonds is 1. The lowest BCUT2D eigenvalue weighted by atomic mass is 9.90. The SMILES string of the molecule is CC(=O)[C@@H]1C[C@@]2(CN1C)C(C)(C)C21CSC1. The summed E-state index contributed by atoms with van der Waals surface area (Å²) >= 11 is 2.08. The van der Waals surface area contributed by atoms with Gasteiger partial charge in [-0.3, -0.25) is 9.69 Å². The van der Waals surface area contributed by atoms with Gasteiger partial charge < -0.3 is 0 Å². The number of Topliss-reactive ketones (excluding diaryl/α,β-unsaturated/α-hetero) is 1. The van der Waals surface area contributed by atoms with Crippen LogP contribution in [0.1, 0.15) is 27.2 Å². The molecule has 0 aromatic carbocycles. The van der Waals surface area contributed by atoms with E-state index in [-0.39, 0.29) is 6.04 Å². The average Bonchev–Trinajstić information content (AvgIpc) is 2.38. The lowest BCUT2D eigenvalue weighted by Crippen LogP contribution is -2.31. The van der Waals surface area contributed by atoms with Crippen molar-refractivity contribution >= 4 is 17.5 Å². The van der Waals surface area contributed by atoms with Gasteiger partial charge >= 0.3 is 0 Å². The highest BCUT2D eigenvalue weighted by atomic mass is 32.2. The molecule has 0 unspecified atom stereocenters. The van der Waals surface area contributed by atoms with Gasteiger partial charge in [-0.25, -0.2) is 0 Å². The Morgan fingerprint density at radius 2 is 1.94 bits per heavy atom. The molecule has 0 amide bonds. The van der Waals surface area contributed by atoms with E-state index in [4.69, 9.17) is 0 Å². The maximum Gasteiger partial charge on any atom is 0.146 e. The van der Waals surface area contributed by atoms with Gasteiger partial charge in [-0.15, -0.1) is 0 Å². The molecule has 3 aliphatic rings. The molecule has 2 spiro atoms. The maximum absolute atomic E-state index is 11.7. The minimum absolute atomic E-state index is 0.184. The van der Waals surface area contributed by atoms with Crippen molar-refractivity contribution in [3.8, 4) is 0 Å². The second kappa shape index (κ2) is 2.86. The van der Waals surface area contributed by atoms with Gasteiger partial charge in [0, 0.05) is 23.5 Å². The highest BCUT2D eigenvalue weighted by Crippen LogP contribution is 2.86. The molecule has 3 fully saturated rings. The number of thioether (sulfide) groups is 1. The Kier molecular flexibility index (Phi) is 1.98. The van der Waals surface area contributed by atoms with Gasteiger partial charge in [-0.05, 0) is 31.2 Å². The monoisotopic (exact) mass is 239 g/mol. The molecule has 90 valence electrons. The van der Waals surface area contributed by atoms with E-state index < -0.39 is 0 Å². The van der Waals surface area contributed by atoms with Crippen molar-refractivity contribution in [3.05, 3.63) is 0 Å². The van der Waals surface area contributed by atoms with E-state index in [1.807, 2.05) is 0 Å². The number of likely N-dealkylation sites (tertiary alicyclic amines) is 1. The van der Waals surface area contributed by atoms with Crippen LogP contribution in [0.5, 0.6) is 0 Å². The number of hydrogen-bond donors (Lipinski definition) is 0. The Bertz CT molecular complexity index is 361. The molecule has 16 heavy (non-hydrogen) atoms. The number of hydrogen-bond acceptors (Lipinski definition) is 3. The smallest absolute Gasteiger partial charge is 0.146 e. The van der Waals surface area contributed by atoms with E-state index in [9.17, 15) is 4.79 Å². The minimum atomic E-state index is 0.184. The largest absolute Gasteiger partial charge is 0.298 e. The molecule has 2 saturated heterocycles. The van der Waals surface area contributed by atoms with Crippen molar-refractivity contribution < 1.29 is 4.79 Å². The van der Waals surface area contributed by atoms with E-state index in [2.05, 4.69) is 37.6 Å². The predicted molar refractivity (Wildman–Crippen MR) is 67.7 cm³/mol. The van der Waals surface area contributed by atoms with E-state index >= 15 is 0 Å². The fraction of sp³-hybridized carbons (Fsp3) is 0.923. The Morgan fingerprint density at radius 3 is 2.25 bits per heavy atom. The summed E-state index contributed by atoms with van der Waals surface area (Å²) in [5, 5.41) is 0. The molecular weight excluding hydrogens is 218 g/mol. The molecule has 3 rings (SSSR count). The van der Waals surface area contributed by atoms with Crippen LogP contribution in [0, 0.1) is 16.2 Å². The van der Waals surface area contributed by atoms with Crippen LogP contribution in [0.2, 0.25) is 0 Å². The molecular formula is C13H21NOS. The third-order valence-corrected chi connectivity index (χ3v) is 7.40. The number of fused-ring (bicyclic) bond motifs is 1. The first-order valence-corrected chi connectivity index (χ1v) is 7.32. The van der Waals surface area contributed by atoms with Gasteiger partial charge in [0.25, 0.3) is 0 Å². The van der Waals surface area contributed by atoms with Crippen molar-refractivity contribution in [1.82, 2.24) is 4.90 Å². The molecule has 0 N–H and O–H groups in total. The van der Waals surface area contributed by atoms with Crippen molar-refractivity contribution in [1.29, 1.82) is 0 Å². The fourth-order valence-corrected chi connectivity index (χ4v) is 6.43. The van der Waals surface area contributed by atoms with Crippen LogP contribution in [0.4, 0.5) is 0 Å². The second-order valence-electron chi connectivity index (χ2n) is 6.53.